The molecule has 0 saturated carbocycles. The van der Waals surface area contributed by atoms with Gasteiger partial charge in [0.25, 0.3) is 0 Å². The molecule has 24 heavy (non-hydrogen) atoms. The lowest BCUT2D eigenvalue weighted by molar-refractivity contribution is 0.0457. The first-order valence-corrected chi connectivity index (χ1v) is 8.72. The molecule has 2 atom stereocenters. The van der Waals surface area contributed by atoms with Gasteiger partial charge in [0.15, 0.2) is 0 Å². The van der Waals surface area contributed by atoms with Crippen molar-refractivity contribution in [2.75, 3.05) is 26.2 Å². The van der Waals surface area contributed by atoms with Crippen molar-refractivity contribution in [2.45, 2.75) is 31.7 Å². The Labute approximate surface area is 143 Å². The van der Waals surface area contributed by atoms with Crippen LogP contribution in [0.15, 0.2) is 49.1 Å². The third-order valence-electron chi connectivity index (χ3n) is 5.03. The maximum absolute atomic E-state index is 6.13. The normalized spacial score (nSPS) is 24.8. The van der Waals surface area contributed by atoms with Gasteiger partial charge in [-0.05, 0) is 35.7 Å². The molecule has 2 aromatic heterocycles. The number of hydrogen-bond acceptors (Lipinski definition) is 5. The Bertz CT molecular complexity index is 636. The molecule has 0 aromatic carbocycles. The molecule has 0 bridgehead atoms. The van der Waals surface area contributed by atoms with E-state index >= 15 is 0 Å². The molecule has 0 radical (unpaired) electrons. The molecule has 0 unspecified atom stereocenters. The minimum atomic E-state index is 0.344. The van der Waals surface area contributed by atoms with Crippen molar-refractivity contribution in [3.8, 4) is 0 Å². The fraction of sp³-hybridized carbons (Fsp3) is 0.474. The molecule has 126 valence electrons. The molecule has 2 aromatic rings. The lowest BCUT2D eigenvalue weighted by Gasteiger charge is -2.37. The van der Waals surface area contributed by atoms with Gasteiger partial charge in [0, 0.05) is 63.6 Å². The number of rotatable bonds is 5. The summed E-state index contributed by atoms with van der Waals surface area (Å²) in [4.78, 5) is 13.4. The minimum Gasteiger partial charge on any atom is -0.372 e. The summed E-state index contributed by atoms with van der Waals surface area (Å²) >= 11 is 0. The van der Waals surface area contributed by atoms with Crippen molar-refractivity contribution in [3.63, 3.8) is 0 Å². The van der Waals surface area contributed by atoms with E-state index in [2.05, 4.69) is 38.0 Å². The fourth-order valence-corrected chi connectivity index (χ4v) is 3.77. The molecule has 2 saturated heterocycles. The first-order chi connectivity index (χ1) is 11.9. The zero-order chi connectivity index (χ0) is 16.2. The number of piperazine rings is 1. The third kappa shape index (κ3) is 3.80. The van der Waals surface area contributed by atoms with Crippen molar-refractivity contribution in [1.82, 2.24) is 19.8 Å². The van der Waals surface area contributed by atoms with E-state index in [4.69, 9.17) is 4.74 Å². The van der Waals surface area contributed by atoms with Crippen LogP contribution in [0.2, 0.25) is 0 Å². The lowest BCUT2D eigenvalue weighted by Crippen LogP contribution is -2.49. The van der Waals surface area contributed by atoms with Gasteiger partial charge in [-0.25, -0.2) is 0 Å². The highest BCUT2D eigenvalue weighted by molar-refractivity contribution is 5.10. The third-order valence-corrected chi connectivity index (χ3v) is 5.03. The van der Waals surface area contributed by atoms with E-state index in [1.807, 2.05) is 24.7 Å². The maximum Gasteiger partial charge on any atom is 0.0736 e. The second-order valence-corrected chi connectivity index (χ2v) is 6.77. The highest BCUT2D eigenvalue weighted by Crippen LogP contribution is 2.25. The summed E-state index contributed by atoms with van der Waals surface area (Å²) in [5, 5.41) is 0. The van der Waals surface area contributed by atoms with Crippen LogP contribution < -0.4 is 0 Å². The summed E-state index contributed by atoms with van der Waals surface area (Å²) in [5.74, 6) is 0. The second-order valence-electron chi connectivity index (χ2n) is 6.77. The van der Waals surface area contributed by atoms with Crippen LogP contribution in [0, 0.1) is 0 Å². The Kier molecular flexibility index (Phi) is 4.83. The van der Waals surface area contributed by atoms with Crippen molar-refractivity contribution < 1.29 is 4.74 Å². The number of hydrogen-bond donors (Lipinski definition) is 0. The van der Waals surface area contributed by atoms with Crippen LogP contribution in [0.5, 0.6) is 0 Å². The predicted octanol–water partition coefficient (Wildman–Crippen LogP) is 1.95. The fourth-order valence-electron chi connectivity index (χ4n) is 3.77. The molecule has 2 aliphatic heterocycles. The Morgan fingerprint density at radius 3 is 2.75 bits per heavy atom. The second kappa shape index (κ2) is 7.38. The van der Waals surface area contributed by atoms with Gasteiger partial charge in [-0.15, -0.1) is 0 Å². The maximum atomic E-state index is 6.13. The zero-order valence-electron chi connectivity index (χ0n) is 13.9. The number of nitrogens with zero attached hydrogens (tertiary/aromatic N) is 4. The summed E-state index contributed by atoms with van der Waals surface area (Å²) < 4.78 is 6.13. The first kappa shape index (κ1) is 15.7. The molecule has 5 heteroatoms. The molecule has 0 spiro atoms. The summed E-state index contributed by atoms with van der Waals surface area (Å²) in [6.45, 7) is 6.16. The van der Waals surface area contributed by atoms with Gasteiger partial charge in [0.1, 0.15) is 0 Å². The summed E-state index contributed by atoms with van der Waals surface area (Å²) in [7, 11) is 0. The molecule has 2 fully saturated rings. The van der Waals surface area contributed by atoms with E-state index in [1.165, 1.54) is 5.56 Å². The molecular weight excluding hydrogens is 300 g/mol. The first-order valence-electron chi connectivity index (χ1n) is 8.72. The Balaban J connectivity index is 1.28. The van der Waals surface area contributed by atoms with Gasteiger partial charge in [0.2, 0.25) is 0 Å². The highest BCUT2D eigenvalue weighted by atomic mass is 16.5. The van der Waals surface area contributed by atoms with Crippen LogP contribution in [0.3, 0.4) is 0 Å². The van der Waals surface area contributed by atoms with Crippen LogP contribution >= 0.6 is 0 Å². The number of fused-ring (bicyclic) bond motifs is 1. The summed E-state index contributed by atoms with van der Waals surface area (Å²) in [6.07, 6.45) is 8.92. The highest BCUT2D eigenvalue weighted by Gasteiger charge is 2.36. The quantitative estimate of drug-likeness (QED) is 0.841. The van der Waals surface area contributed by atoms with Crippen molar-refractivity contribution >= 4 is 0 Å². The van der Waals surface area contributed by atoms with E-state index in [1.54, 1.807) is 6.20 Å². The van der Waals surface area contributed by atoms with E-state index in [-0.39, 0.29) is 0 Å². The topological polar surface area (TPSA) is 41.5 Å². The minimum absolute atomic E-state index is 0.344. The van der Waals surface area contributed by atoms with Gasteiger partial charge in [-0.3, -0.25) is 19.8 Å². The molecule has 0 N–H and O–H groups in total. The van der Waals surface area contributed by atoms with Crippen molar-refractivity contribution in [2.24, 2.45) is 0 Å². The van der Waals surface area contributed by atoms with Gasteiger partial charge < -0.3 is 4.74 Å². The molecule has 5 nitrogen and oxygen atoms in total. The van der Waals surface area contributed by atoms with E-state index < -0.39 is 0 Å². The van der Waals surface area contributed by atoms with E-state index in [0.29, 0.717) is 18.8 Å². The molecule has 0 aliphatic carbocycles. The number of pyridine rings is 2. The molecular formula is C19H24N4O. The van der Waals surface area contributed by atoms with Gasteiger partial charge in [-0.2, -0.15) is 0 Å². The summed E-state index contributed by atoms with van der Waals surface area (Å²) in [6, 6.07) is 8.89. The van der Waals surface area contributed by atoms with Crippen LogP contribution in [-0.2, 0) is 17.9 Å². The Morgan fingerprint density at radius 2 is 1.92 bits per heavy atom. The van der Waals surface area contributed by atoms with Crippen LogP contribution in [0.1, 0.15) is 17.5 Å². The standard InChI is InChI=1S/C19H24N4O/c1-2-17(11-21-5-1)15-24-19-10-18-13-22(8-9-23(18)14-19)12-16-3-6-20-7-4-16/h1-7,11,18-19H,8-10,12-15H2/t18-,19+/m1/s1. The predicted molar refractivity (Wildman–Crippen MR) is 92.3 cm³/mol. The van der Waals surface area contributed by atoms with Crippen molar-refractivity contribution in [3.05, 3.63) is 60.2 Å². The Morgan fingerprint density at radius 1 is 1.00 bits per heavy atom. The van der Waals surface area contributed by atoms with Gasteiger partial charge in [0.05, 0.1) is 12.7 Å². The van der Waals surface area contributed by atoms with E-state index in [0.717, 1.165) is 44.7 Å². The lowest BCUT2D eigenvalue weighted by atomic mass is 10.1. The average molecular weight is 324 g/mol. The van der Waals surface area contributed by atoms with Crippen LogP contribution in [0.4, 0.5) is 0 Å². The number of aromatic nitrogens is 2. The smallest absolute Gasteiger partial charge is 0.0736 e. The molecule has 4 heterocycles. The average Bonchev–Trinajstić information content (AvgIpc) is 3.04. The Hall–Kier alpha value is -1.82. The summed E-state index contributed by atoms with van der Waals surface area (Å²) in [5.41, 5.74) is 2.50. The van der Waals surface area contributed by atoms with E-state index in [9.17, 15) is 0 Å². The molecule has 0 amide bonds. The van der Waals surface area contributed by atoms with Crippen molar-refractivity contribution in [1.29, 1.82) is 0 Å². The molecule has 4 rings (SSSR count). The monoisotopic (exact) mass is 324 g/mol. The van der Waals surface area contributed by atoms with Crippen LogP contribution in [-0.4, -0.2) is 58.1 Å². The zero-order valence-corrected chi connectivity index (χ0v) is 13.9. The number of ether oxygens (including phenoxy) is 1. The molecule has 2 aliphatic rings. The van der Waals surface area contributed by atoms with Gasteiger partial charge >= 0.3 is 0 Å². The SMILES string of the molecule is c1cncc(CO[C@H]2C[C@@H]3CN(Cc4ccncc4)CCN3C2)c1. The van der Waals surface area contributed by atoms with Gasteiger partial charge in [-0.1, -0.05) is 6.07 Å². The van der Waals surface area contributed by atoms with Crippen LogP contribution in [0.25, 0.3) is 0 Å². The largest absolute Gasteiger partial charge is 0.372 e.